The van der Waals surface area contributed by atoms with Crippen molar-refractivity contribution < 1.29 is 4.79 Å². The van der Waals surface area contributed by atoms with Crippen LogP contribution in [-0.4, -0.2) is 11.5 Å². The van der Waals surface area contributed by atoms with Crippen LogP contribution in [0.5, 0.6) is 0 Å². The van der Waals surface area contributed by atoms with Gasteiger partial charge in [-0.1, -0.05) is 37.6 Å². The molecule has 0 N–H and O–H groups in total. The molecule has 0 unspecified atom stereocenters. The molecule has 0 amide bonds. The van der Waals surface area contributed by atoms with Crippen molar-refractivity contribution in [3.05, 3.63) is 46.4 Å². The van der Waals surface area contributed by atoms with Gasteiger partial charge in [-0.25, -0.2) is 0 Å². The number of hydrogen-bond donors (Lipinski definition) is 0. The Hall–Kier alpha value is -1.02. The molecular weight excluding hydrogens is 228 g/mol. The number of fused-ring (bicyclic) bond motifs is 1. The molecule has 1 nitrogen and oxygen atoms in total. The Morgan fingerprint density at radius 3 is 2.94 bits per heavy atom. The summed E-state index contributed by atoms with van der Waals surface area (Å²) >= 11 is 1.78. The van der Waals surface area contributed by atoms with Gasteiger partial charge in [-0.15, -0.1) is 11.8 Å². The summed E-state index contributed by atoms with van der Waals surface area (Å²) in [5.74, 6) is 1.35. The first-order chi connectivity index (χ1) is 8.33. The monoisotopic (exact) mass is 246 g/mol. The highest BCUT2D eigenvalue weighted by Gasteiger charge is 2.20. The fourth-order valence-corrected chi connectivity index (χ4v) is 3.01. The third-order valence-electron chi connectivity index (χ3n) is 3.06. The lowest BCUT2D eigenvalue weighted by atomic mass is 9.88. The van der Waals surface area contributed by atoms with Crippen LogP contribution in [0.3, 0.4) is 0 Å². The SMILES string of the molecule is CCCCSC=C1CCc2ccccc2C1=O. The molecule has 2 rings (SSSR count). The lowest BCUT2D eigenvalue weighted by molar-refractivity contribution is 0.102. The maximum Gasteiger partial charge on any atom is 0.189 e. The highest BCUT2D eigenvalue weighted by Crippen LogP contribution is 2.26. The minimum Gasteiger partial charge on any atom is -0.289 e. The van der Waals surface area contributed by atoms with Gasteiger partial charge in [0.15, 0.2) is 5.78 Å². The molecule has 1 aromatic carbocycles. The number of thioether (sulfide) groups is 1. The molecule has 0 aliphatic heterocycles. The van der Waals surface area contributed by atoms with Crippen LogP contribution in [0.2, 0.25) is 0 Å². The molecule has 0 heterocycles. The maximum absolute atomic E-state index is 12.2. The number of rotatable bonds is 4. The second-order valence-corrected chi connectivity index (χ2v) is 5.33. The molecule has 0 radical (unpaired) electrons. The quantitative estimate of drug-likeness (QED) is 0.584. The van der Waals surface area contributed by atoms with Gasteiger partial charge in [0.05, 0.1) is 0 Å². The second-order valence-electron chi connectivity index (χ2n) is 4.35. The number of ketones is 1. The number of allylic oxidation sites excluding steroid dienone is 1. The van der Waals surface area contributed by atoms with Gasteiger partial charge in [0, 0.05) is 11.1 Å². The molecule has 0 spiro atoms. The fraction of sp³-hybridized carbons (Fsp3) is 0.400. The van der Waals surface area contributed by atoms with Gasteiger partial charge in [-0.2, -0.15) is 0 Å². The van der Waals surface area contributed by atoms with Crippen LogP contribution < -0.4 is 0 Å². The Morgan fingerprint density at radius 2 is 2.12 bits per heavy atom. The average molecular weight is 246 g/mol. The summed E-state index contributed by atoms with van der Waals surface area (Å²) in [6.07, 6.45) is 4.34. The molecule has 17 heavy (non-hydrogen) atoms. The number of hydrogen-bond acceptors (Lipinski definition) is 2. The molecule has 0 bridgehead atoms. The van der Waals surface area contributed by atoms with E-state index in [1.165, 1.54) is 18.4 Å². The molecule has 0 fully saturated rings. The van der Waals surface area contributed by atoms with Crippen molar-refractivity contribution in [1.82, 2.24) is 0 Å². The highest BCUT2D eigenvalue weighted by atomic mass is 32.2. The van der Waals surface area contributed by atoms with Gasteiger partial charge < -0.3 is 0 Å². The van der Waals surface area contributed by atoms with Gasteiger partial charge in [0.2, 0.25) is 0 Å². The van der Waals surface area contributed by atoms with Crippen LogP contribution in [-0.2, 0) is 6.42 Å². The Bertz CT molecular complexity index is 434. The fourth-order valence-electron chi connectivity index (χ4n) is 2.02. The van der Waals surface area contributed by atoms with E-state index in [-0.39, 0.29) is 5.78 Å². The maximum atomic E-state index is 12.2. The first-order valence-corrected chi connectivity index (χ1v) is 7.31. The standard InChI is InChI=1S/C15H18OS/c1-2-3-10-17-11-13-9-8-12-6-4-5-7-14(12)15(13)16/h4-7,11H,2-3,8-10H2,1H3. The average Bonchev–Trinajstić information content (AvgIpc) is 2.37. The molecular formula is C15H18OS. The number of aryl methyl sites for hydroxylation is 1. The number of benzene rings is 1. The van der Waals surface area contributed by atoms with Crippen molar-refractivity contribution in [2.45, 2.75) is 32.6 Å². The van der Waals surface area contributed by atoms with E-state index in [0.717, 1.165) is 29.7 Å². The van der Waals surface area contributed by atoms with E-state index in [9.17, 15) is 4.79 Å². The van der Waals surface area contributed by atoms with E-state index in [4.69, 9.17) is 0 Å². The molecule has 0 aromatic heterocycles. The van der Waals surface area contributed by atoms with Crippen LogP contribution in [0.1, 0.15) is 42.1 Å². The summed E-state index contributed by atoms with van der Waals surface area (Å²) in [6.45, 7) is 2.19. The lowest BCUT2D eigenvalue weighted by Gasteiger charge is -2.16. The number of unbranched alkanes of at least 4 members (excludes halogenated alkanes) is 1. The number of carbonyl (C=O) groups excluding carboxylic acids is 1. The van der Waals surface area contributed by atoms with Crippen LogP contribution >= 0.6 is 11.8 Å². The van der Waals surface area contributed by atoms with Gasteiger partial charge in [-0.05, 0) is 36.0 Å². The van der Waals surface area contributed by atoms with Gasteiger partial charge >= 0.3 is 0 Å². The minimum absolute atomic E-state index is 0.232. The van der Waals surface area contributed by atoms with Crippen LogP contribution in [0.15, 0.2) is 35.2 Å². The van der Waals surface area contributed by atoms with Gasteiger partial charge in [-0.3, -0.25) is 4.79 Å². The third-order valence-corrected chi connectivity index (χ3v) is 4.03. The van der Waals surface area contributed by atoms with E-state index in [1.807, 2.05) is 18.2 Å². The molecule has 1 aliphatic rings. The van der Waals surface area contributed by atoms with E-state index < -0.39 is 0 Å². The van der Waals surface area contributed by atoms with Crippen molar-refractivity contribution >= 4 is 17.5 Å². The van der Waals surface area contributed by atoms with Crippen LogP contribution in [0.25, 0.3) is 0 Å². The third kappa shape index (κ3) is 3.01. The van der Waals surface area contributed by atoms with E-state index in [2.05, 4.69) is 18.4 Å². The summed E-state index contributed by atoms with van der Waals surface area (Å²) in [7, 11) is 0. The smallest absolute Gasteiger partial charge is 0.189 e. The zero-order valence-electron chi connectivity index (χ0n) is 10.2. The Labute approximate surface area is 107 Å². The molecule has 2 heteroatoms. The summed E-state index contributed by atoms with van der Waals surface area (Å²) in [5, 5.41) is 2.08. The highest BCUT2D eigenvalue weighted by molar-refractivity contribution is 8.02. The van der Waals surface area contributed by atoms with E-state index in [0.29, 0.717) is 0 Å². The summed E-state index contributed by atoms with van der Waals surface area (Å²) < 4.78 is 0. The topological polar surface area (TPSA) is 17.1 Å². The van der Waals surface area contributed by atoms with E-state index >= 15 is 0 Å². The molecule has 0 saturated heterocycles. The summed E-state index contributed by atoms with van der Waals surface area (Å²) in [4.78, 5) is 12.2. The summed E-state index contributed by atoms with van der Waals surface area (Å²) in [5.41, 5.74) is 3.10. The largest absolute Gasteiger partial charge is 0.289 e. The Morgan fingerprint density at radius 1 is 1.29 bits per heavy atom. The van der Waals surface area contributed by atoms with Crippen molar-refractivity contribution in [2.24, 2.45) is 0 Å². The predicted octanol–water partition coefficient (Wildman–Crippen LogP) is 4.23. The van der Waals surface area contributed by atoms with Crippen molar-refractivity contribution in [1.29, 1.82) is 0 Å². The summed E-state index contributed by atoms with van der Waals surface area (Å²) in [6, 6.07) is 7.97. The minimum atomic E-state index is 0.232. The van der Waals surface area contributed by atoms with Crippen molar-refractivity contribution in [2.75, 3.05) is 5.75 Å². The molecule has 90 valence electrons. The predicted molar refractivity (Wildman–Crippen MR) is 74.5 cm³/mol. The Kier molecular flexibility index (Phi) is 4.43. The molecule has 0 saturated carbocycles. The normalized spacial score (nSPS) is 17.2. The van der Waals surface area contributed by atoms with Crippen molar-refractivity contribution in [3.8, 4) is 0 Å². The van der Waals surface area contributed by atoms with Crippen LogP contribution in [0, 0.1) is 0 Å². The number of Topliss-reactive ketones (excluding diaryl/α,β-unsaturated/α-hetero) is 1. The molecule has 1 aliphatic carbocycles. The number of carbonyl (C=O) groups is 1. The second kappa shape index (κ2) is 6.06. The first-order valence-electron chi connectivity index (χ1n) is 6.26. The van der Waals surface area contributed by atoms with Gasteiger partial charge in [0.25, 0.3) is 0 Å². The Balaban J connectivity index is 2.07. The van der Waals surface area contributed by atoms with Crippen LogP contribution in [0.4, 0.5) is 0 Å². The zero-order chi connectivity index (χ0) is 12.1. The van der Waals surface area contributed by atoms with Gasteiger partial charge in [0.1, 0.15) is 0 Å². The van der Waals surface area contributed by atoms with E-state index in [1.54, 1.807) is 11.8 Å². The zero-order valence-corrected chi connectivity index (χ0v) is 11.1. The molecule has 1 aromatic rings. The van der Waals surface area contributed by atoms with Crippen molar-refractivity contribution in [3.63, 3.8) is 0 Å². The first kappa shape index (κ1) is 12.4. The lowest BCUT2D eigenvalue weighted by Crippen LogP contribution is -2.13. The molecule has 0 atom stereocenters.